The van der Waals surface area contributed by atoms with Gasteiger partial charge in [-0.15, -0.1) is 0 Å². The van der Waals surface area contributed by atoms with Crippen molar-refractivity contribution in [2.45, 2.75) is 19.8 Å². The highest BCUT2D eigenvalue weighted by Crippen LogP contribution is 2.04. The molecule has 0 aromatic rings. The van der Waals surface area contributed by atoms with Crippen molar-refractivity contribution in [1.29, 1.82) is 0 Å². The zero-order chi connectivity index (χ0) is 11.7. The van der Waals surface area contributed by atoms with Gasteiger partial charge in [0.2, 0.25) is 10.0 Å². The normalized spacial score (nSPS) is 12.3. The summed E-state index contributed by atoms with van der Waals surface area (Å²) in [5.41, 5.74) is 5.35. The fourth-order valence-electron chi connectivity index (χ4n) is 1.28. The molecule has 15 heavy (non-hydrogen) atoms. The number of ether oxygens (including phenoxy) is 1. The zero-order valence-corrected chi connectivity index (χ0v) is 10.4. The molecule has 0 saturated heterocycles. The van der Waals surface area contributed by atoms with E-state index in [1.807, 2.05) is 6.92 Å². The maximum absolute atomic E-state index is 11.8. The van der Waals surface area contributed by atoms with Gasteiger partial charge in [-0.2, -0.15) is 0 Å². The first-order valence-electron chi connectivity index (χ1n) is 5.25. The lowest BCUT2D eigenvalue weighted by atomic mass is 10.4. The minimum Gasteiger partial charge on any atom is -0.385 e. The Kier molecular flexibility index (Phi) is 7.95. The van der Waals surface area contributed by atoms with Gasteiger partial charge >= 0.3 is 0 Å². The molecule has 5 nitrogen and oxygen atoms in total. The first-order valence-corrected chi connectivity index (χ1v) is 6.86. The first kappa shape index (κ1) is 14.8. The summed E-state index contributed by atoms with van der Waals surface area (Å²) in [6.45, 7) is 3.86. The van der Waals surface area contributed by atoms with Gasteiger partial charge in [0.15, 0.2) is 0 Å². The maximum Gasteiger partial charge on any atom is 0.214 e. The van der Waals surface area contributed by atoms with Crippen LogP contribution in [0.2, 0.25) is 0 Å². The third kappa shape index (κ3) is 6.09. The van der Waals surface area contributed by atoms with Crippen LogP contribution in [0.25, 0.3) is 0 Å². The van der Waals surface area contributed by atoms with Gasteiger partial charge in [0, 0.05) is 26.8 Å². The topological polar surface area (TPSA) is 72.6 Å². The Balaban J connectivity index is 4.13. The average Bonchev–Trinajstić information content (AvgIpc) is 2.19. The van der Waals surface area contributed by atoms with Crippen LogP contribution in [0.4, 0.5) is 0 Å². The minimum atomic E-state index is -3.12. The highest BCUT2D eigenvalue weighted by molar-refractivity contribution is 7.89. The number of rotatable bonds is 9. The van der Waals surface area contributed by atoms with Gasteiger partial charge in [-0.05, 0) is 19.4 Å². The fraction of sp³-hybridized carbons (Fsp3) is 1.00. The molecule has 0 heterocycles. The van der Waals surface area contributed by atoms with E-state index in [0.29, 0.717) is 39.1 Å². The lowest BCUT2D eigenvalue weighted by molar-refractivity contribution is 0.199. The van der Waals surface area contributed by atoms with Crippen LogP contribution < -0.4 is 5.73 Å². The van der Waals surface area contributed by atoms with Gasteiger partial charge in [-0.3, -0.25) is 0 Å². The summed E-state index contributed by atoms with van der Waals surface area (Å²) in [7, 11) is -1.55. The van der Waals surface area contributed by atoms with Crippen molar-refractivity contribution in [3.05, 3.63) is 0 Å². The lowest BCUT2D eigenvalue weighted by Gasteiger charge is -2.19. The molecular weight excluding hydrogens is 216 g/mol. The summed E-state index contributed by atoms with van der Waals surface area (Å²) >= 11 is 0. The van der Waals surface area contributed by atoms with Crippen LogP contribution in [-0.2, 0) is 14.8 Å². The van der Waals surface area contributed by atoms with Crippen molar-refractivity contribution >= 4 is 10.0 Å². The molecule has 0 aliphatic rings. The van der Waals surface area contributed by atoms with Gasteiger partial charge in [0.25, 0.3) is 0 Å². The number of methoxy groups -OCH3 is 1. The molecule has 0 aliphatic heterocycles. The first-order chi connectivity index (χ1) is 7.08. The lowest BCUT2D eigenvalue weighted by Crippen LogP contribution is -2.34. The Morgan fingerprint density at radius 3 is 2.47 bits per heavy atom. The summed E-state index contributed by atoms with van der Waals surface area (Å²) in [6, 6.07) is 0. The summed E-state index contributed by atoms with van der Waals surface area (Å²) in [5.74, 6) is 0.152. The minimum absolute atomic E-state index is 0.152. The highest BCUT2D eigenvalue weighted by atomic mass is 32.2. The quantitative estimate of drug-likeness (QED) is 0.575. The zero-order valence-electron chi connectivity index (χ0n) is 9.61. The SMILES string of the molecule is CCN(CCCN)S(=O)(=O)CCCOC. The molecule has 0 aromatic heterocycles. The van der Waals surface area contributed by atoms with Crippen molar-refractivity contribution in [3.8, 4) is 0 Å². The van der Waals surface area contributed by atoms with Crippen LogP contribution in [0.1, 0.15) is 19.8 Å². The number of nitrogens with two attached hydrogens (primary N) is 1. The predicted molar refractivity (Wildman–Crippen MR) is 61.2 cm³/mol. The second-order valence-corrected chi connectivity index (χ2v) is 5.38. The van der Waals surface area contributed by atoms with Crippen molar-refractivity contribution in [1.82, 2.24) is 4.31 Å². The van der Waals surface area contributed by atoms with Crippen LogP contribution in [0.3, 0.4) is 0 Å². The van der Waals surface area contributed by atoms with Gasteiger partial charge < -0.3 is 10.5 Å². The molecule has 0 radical (unpaired) electrons. The van der Waals surface area contributed by atoms with Gasteiger partial charge in [0.05, 0.1) is 5.75 Å². The maximum atomic E-state index is 11.8. The number of sulfonamides is 1. The molecule has 0 fully saturated rings. The van der Waals surface area contributed by atoms with E-state index in [-0.39, 0.29) is 5.75 Å². The van der Waals surface area contributed by atoms with E-state index in [2.05, 4.69) is 0 Å². The summed E-state index contributed by atoms with van der Waals surface area (Å²) in [5, 5.41) is 0. The van der Waals surface area contributed by atoms with Crippen molar-refractivity contribution in [3.63, 3.8) is 0 Å². The molecular formula is C9H22N2O3S. The molecule has 0 amide bonds. The van der Waals surface area contributed by atoms with E-state index in [1.54, 1.807) is 7.11 Å². The molecule has 0 spiro atoms. The fourth-order valence-corrected chi connectivity index (χ4v) is 2.82. The van der Waals surface area contributed by atoms with Crippen molar-refractivity contribution in [2.75, 3.05) is 39.1 Å². The Morgan fingerprint density at radius 1 is 1.33 bits per heavy atom. The monoisotopic (exact) mass is 238 g/mol. The summed E-state index contributed by atoms with van der Waals surface area (Å²) < 4.78 is 29.9. The summed E-state index contributed by atoms with van der Waals surface area (Å²) in [6.07, 6.45) is 1.25. The van der Waals surface area contributed by atoms with Gasteiger partial charge in [0.1, 0.15) is 0 Å². The van der Waals surface area contributed by atoms with Gasteiger partial charge in [-0.1, -0.05) is 6.92 Å². The molecule has 0 bridgehead atoms. The molecule has 0 saturated carbocycles. The highest BCUT2D eigenvalue weighted by Gasteiger charge is 2.18. The second kappa shape index (κ2) is 8.04. The molecule has 0 aromatic carbocycles. The third-order valence-electron chi connectivity index (χ3n) is 2.11. The molecule has 6 heteroatoms. The largest absolute Gasteiger partial charge is 0.385 e. The Morgan fingerprint density at radius 2 is 2.00 bits per heavy atom. The smallest absolute Gasteiger partial charge is 0.214 e. The average molecular weight is 238 g/mol. The number of nitrogens with zero attached hydrogens (tertiary/aromatic N) is 1. The number of hydrogen-bond acceptors (Lipinski definition) is 4. The third-order valence-corrected chi connectivity index (χ3v) is 4.14. The summed E-state index contributed by atoms with van der Waals surface area (Å²) in [4.78, 5) is 0. The predicted octanol–water partition coefficient (Wildman–Crippen LogP) is 0.0234. The second-order valence-electron chi connectivity index (χ2n) is 3.30. The van der Waals surface area contributed by atoms with E-state index in [4.69, 9.17) is 10.5 Å². The standard InChI is InChI=1S/C9H22N2O3S/c1-3-11(7-4-6-10)15(12,13)9-5-8-14-2/h3-10H2,1-2H3. The van der Waals surface area contributed by atoms with Crippen LogP contribution in [0.5, 0.6) is 0 Å². The van der Waals surface area contributed by atoms with Crippen LogP contribution in [-0.4, -0.2) is 51.8 Å². The molecule has 92 valence electrons. The molecule has 0 unspecified atom stereocenters. The Bertz CT molecular complexity index is 242. The van der Waals surface area contributed by atoms with E-state index >= 15 is 0 Å². The van der Waals surface area contributed by atoms with Crippen molar-refractivity contribution in [2.24, 2.45) is 5.73 Å². The van der Waals surface area contributed by atoms with Crippen molar-refractivity contribution < 1.29 is 13.2 Å². The van der Waals surface area contributed by atoms with E-state index in [0.717, 1.165) is 0 Å². The molecule has 2 N–H and O–H groups in total. The van der Waals surface area contributed by atoms with E-state index in [1.165, 1.54) is 4.31 Å². The van der Waals surface area contributed by atoms with Crippen LogP contribution in [0, 0.1) is 0 Å². The Labute approximate surface area is 92.6 Å². The van der Waals surface area contributed by atoms with Crippen LogP contribution >= 0.6 is 0 Å². The van der Waals surface area contributed by atoms with E-state index < -0.39 is 10.0 Å². The molecule has 0 aliphatic carbocycles. The molecule has 0 rings (SSSR count). The van der Waals surface area contributed by atoms with E-state index in [9.17, 15) is 8.42 Å². The number of hydrogen-bond donors (Lipinski definition) is 1. The molecule has 0 atom stereocenters. The Hall–Kier alpha value is -0.170. The van der Waals surface area contributed by atoms with Crippen LogP contribution in [0.15, 0.2) is 0 Å². The van der Waals surface area contributed by atoms with Gasteiger partial charge in [-0.25, -0.2) is 12.7 Å².